The number of benzene rings is 1. The molecule has 1 aromatic carbocycles. The third-order valence-electron chi connectivity index (χ3n) is 3.74. The number of thioether (sulfide) groups is 1. The third-order valence-corrected chi connectivity index (χ3v) is 4.75. The molecule has 126 valence electrons. The summed E-state index contributed by atoms with van der Waals surface area (Å²) < 4.78 is 1.51. The lowest BCUT2D eigenvalue weighted by Crippen LogP contribution is -2.28. The van der Waals surface area contributed by atoms with Crippen LogP contribution in [0.25, 0.3) is 0 Å². The Bertz CT molecular complexity index is 741. The number of tetrazole rings is 1. The molecular weight excluding hydrogens is 328 g/mol. The molecule has 1 fully saturated rings. The molecule has 1 aromatic heterocycles. The predicted molar refractivity (Wildman–Crippen MR) is 89.7 cm³/mol. The third kappa shape index (κ3) is 3.91. The van der Waals surface area contributed by atoms with Crippen LogP contribution in [0.1, 0.15) is 23.2 Å². The molecule has 0 atom stereocenters. The number of anilines is 1. The van der Waals surface area contributed by atoms with E-state index in [1.807, 2.05) is 7.05 Å². The fourth-order valence-electron chi connectivity index (χ4n) is 2.20. The molecule has 0 bridgehead atoms. The second-order valence-corrected chi connectivity index (χ2v) is 6.59. The summed E-state index contributed by atoms with van der Waals surface area (Å²) in [6, 6.07) is 7.32. The SMILES string of the molecule is CN(C(=O)c1ccc(NC(=O)CSc2nnnn2C)cc1)C1CC1. The van der Waals surface area contributed by atoms with E-state index in [2.05, 4.69) is 20.8 Å². The van der Waals surface area contributed by atoms with Crippen molar-refractivity contribution >= 4 is 29.3 Å². The summed E-state index contributed by atoms with van der Waals surface area (Å²) in [4.78, 5) is 26.0. The van der Waals surface area contributed by atoms with Gasteiger partial charge in [0.15, 0.2) is 0 Å². The lowest BCUT2D eigenvalue weighted by atomic mass is 10.2. The smallest absolute Gasteiger partial charge is 0.253 e. The molecule has 2 amide bonds. The molecule has 1 N–H and O–H groups in total. The average Bonchev–Trinajstić information content (AvgIpc) is 3.35. The van der Waals surface area contributed by atoms with Crippen molar-refractivity contribution in [3.05, 3.63) is 29.8 Å². The van der Waals surface area contributed by atoms with Crippen LogP contribution in [0.3, 0.4) is 0 Å². The highest BCUT2D eigenvalue weighted by Gasteiger charge is 2.29. The highest BCUT2D eigenvalue weighted by Crippen LogP contribution is 2.26. The molecule has 1 aliphatic carbocycles. The second kappa shape index (κ2) is 7.00. The zero-order valence-corrected chi connectivity index (χ0v) is 14.3. The Labute approximate surface area is 143 Å². The van der Waals surface area contributed by atoms with E-state index < -0.39 is 0 Å². The van der Waals surface area contributed by atoms with Crippen molar-refractivity contribution in [2.75, 3.05) is 18.1 Å². The van der Waals surface area contributed by atoms with Crippen molar-refractivity contribution in [1.82, 2.24) is 25.1 Å². The van der Waals surface area contributed by atoms with Gasteiger partial charge in [0.2, 0.25) is 11.1 Å². The van der Waals surface area contributed by atoms with Crippen LogP contribution in [0.5, 0.6) is 0 Å². The van der Waals surface area contributed by atoms with Crippen molar-refractivity contribution in [3.8, 4) is 0 Å². The Hall–Kier alpha value is -2.42. The predicted octanol–water partition coefficient (Wildman–Crippen LogP) is 1.18. The van der Waals surface area contributed by atoms with Crippen LogP contribution < -0.4 is 5.32 Å². The van der Waals surface area contributed by atoms with Gasteiger partial charge in [0.05, 0.1) is 5.75 Å². The van der Waals surface area contributed by atoms with Crippen LogP contribution >= 0.6 is 11.8 Å². The van der Waals surface area contributed by atoms with E-state index >= 15 is 0 Å². The van der Waals surface area contributed by atoms with Gasteiger partial charge in [0.25, 0.3) is 5.91 Å². The lowest BCUT2D eigenvalue weighted by molar-refractivity contribution is -0.113. The van der Waals surface area contributed by atoms with Gasteiger partial charge in [0.1, 0.15) is 0 Å². The van der Waals surface area contributed by atoms with Crippen LogP contribution in [0.2, 0.25) is 0 Å². The molecule has 1 aliphatic rings. The van der Waals surface area contributed by atoms with Gasteiger partial charge in [-0.05, 0) is 47.5 Å². The van der Waals surface area contributed by atoms with E-state index in [9.17, 15) is 9.59 Å². The number of hydrogen-bond acceptors (Lipinski definition) is 6. The maximum atomic E-state index is 12.2. The quantitative estimate of drug-likeness (QED) is 0.790. The second-order valence-electron chi connectivity index (χ2n) is 5.65. The zero-order chi connectivity index (χ0) is 17.1. The number of nitrogens with one attached hydrogen (secondary N) is 1. The number of amides is 2. The minimum Gasteiger partial charge on any atom is -0.339 e. The normalized spacial score (nSPS) is 13.6. The Balaban J connectivity index is 1.52. The van der Waals surface area contributed by atoms with Crippen molar-refractivity contribution < 1.29 is 9.59 Å². The summed E-state index contributed by atoms with van der Waals surface area (Å²) in [5.41, 5.74) is 1.28. The summed E-state index contributed by atoms with van der Waals surface area (Å²) in [6.07, 6.45) is 2.16. The highest BCUT2D eigenvalue weighted by molar-refractivity contribution is 7.99. The number of aryl methyl sites for hydroxylation is 1. The summed E-state index contributed by atoms with van der Waals surface area (Å²) in [6.45, 7) is 0. The van der Waals surface area contributed by atoms with E-state index in [4.69, 9.17) is 0 Å². The Morgan fingerprint density at radius 2 is 2.04 bits per heavy atom. The van der Waals surface area contributed by atoms with Crippen LogP contribution in [0, 0.1) is 0 Å². The standard InChI is InChI=1S/C15H18N6O2S/c1-20(12-7-8-12)14(23)10-3-5-11(6-4-10)16-13(22)9-24-15-17-18-19-21(15)2/h3-6,12H,7-9H2,1-2H3,(H,16,22). The summed E-state index contributed by atoms with van der Waals surface area (Å²) in [5, 5.41) is 14.4. The van der Waals surface area contributed by atoms with Crippen LogP contribution in [0.4, 0.5) is 5.69 Å². The van der Waals surface area contributed by atoms with Gasteiger partial charge in [-0.15, -0.1) is 5.10 Å². The Kier molecular flexibility index (Phi) is 4.79. The number of nitrogens with zero attached hydrogens (tertiary/aromatic N) is 5. The highest BCUT2D eigenvalue weighted by atomic mass is 32.2. The first kappa shape index (κ1) is 16.4. The zero-order valence-electron chi connectivity index (χ0n) is 13.5. The number of carbonyl (C=O) groups is 2. The van der Waals surface area contributed by atoms with E-state index in [-0.39, 0.29) is 17.6 Å². The summed E-state index contributed by atoms with van der Waals surface area (Å²) in [5.74, 6) is 0.0668. The minimum absolute atomic E-state index is 0.0146. The van der Waals surface area contributed by atoms with E-state index in [1.165, 1.54) is 16.4 Å². The van der Waals surface area contributed by atoms with E-state index in [0.29, 0.717) is 22.4 Å². The first-order chi connectivity index (χ1) is 11.5. The van der Waals surface area contributed by atoms with Crippen molar-refractivity contribution in [2.45, 2.75) is 24.0 Å². The van der Waals surface area contributed by atoms with Gasteiger partial charge in [-0.3, -0.25) is 9.59 Å². The number of hydrogen-bond donors (Lipinski definition) is 1. The lowest BCUT2D eigenvalue weighted by Gasteiger charge is -2.16. The van der Waals surface area contributed by atoms with Crippen molar-refractivity contribution in [2.24, 2.45) is 7.05 Å². The van der Waals surface area contributed by atoms with Gasteiger partial charge in [-0.2, -0.15) is 0 Å². The maximum absolute atomic E-state index is 12.2. The van der Waals surface area contributed by atoms with Gasteiger partial charge < -0.3 is 10.2 Å². The minimum atomic E-state index is -0.155. The summed E-state index contributed by atoms with van der Waals surface area (Å²) >= 11 is 1.26. The molecule has 0 aliphatic heterocycles. The fourth-order valence-corrected chi connectivity index (χ4v) is 2.85. The molecule has 1 saturated carbocycles. The molecule has 0 unspecified atom stereocenters. The first-order valence-corrected chi connectivity index (χ1v) is 8.55. The van der Waals surface area contributed by atoms with Gasteiger partial charge in [-0.1, -0.05) is 11.8 Å². The number of aromatic nitrogens is 4. The van der Waals surface area contributed by atoms with Gasteiger partial charge in [-0.25, -0.2) is 4.68 Å². The van der Waals surface area contributed by atoms with Gasteiger partial charge >= 0.3 is 0 Å². The fraction of sp³-hybridized carbons (Fsp3) is 0.400. The molecule has 24 heavy (non-hydrogen) atoms. The largest absolute Gasteiger partial charge is 0.339 e. The molecule has 0 radical (unpaired) electrons. The Morgan fingerprint density at radius 3 is 2.62 bits per heavy atom. The molecule has 8 nitrogen and oxygen atoms in total. The molecule has 2 aromatic rings. The van der Waals surface area contributed by atoms with Crippen molar-refractivity contribution in [1.29, 1.82) is 0 Å². The van der Waals surface area contributed by atoms with Crippen molar-refractivity contribution in [3.63, 3.8) is 0 Å². The van der Waals surface area contributed by atoms with Crippen LogP contribution in [0.15, 0.2) is 29.4 Å². The van der Waals surface area contributed by atoms with E-state index in [0.717, 1.165) is 12.8 Å². The van der Waals surface area contributed by atoms with E-state index in [1.54, 1.807) is 36.2 Å². The molecular formula is C15H18N6O2S. The van der Waals surface area contributed by atoms with Crippen LogP contribution in [-0.2, 0) is 11.8 Å². The summed E-state index contributed by atoms with van der Waals surface area (Å²) in [7, 11) is 3.54. The topological polar surface area (TPSA) is 93.0 Å². The average molecular weight is 346 g/mol. The molecule has 0 saturated heterocycles. The molecule has 9 heteroatoms. The maximum Gasteiger partial charge on any atom is 0.253 e. The molecule has 0 spiro atoms. The Morgan fingerprint density at radius 1 is 1.33 bits per heavy atom. The van der Waals surface area contributed by atoms with Crippen LogP contribution in [-0.4, -0.2) is 55.8 Å². The monoisotopic (exact) mass is 346 g/mol. The number of rotatable bonds is 6. The van der Waals surface area contributed by atoms with Gasteiger partial charge in [0, 0.05) is 31.4 Å². The molecule has 3 rings (SSSR count). The first-order valence-electron chi connectivity index (χ1n) is 7.57. The molecule has 1 heterocycles. The number of carbonyl (C=O) groups excluding carboxylic acids is 2.